The summed E-state index contributed by atoms with van der Waals surface area (Å²) in [4.78, 5) is 14.9. The van der Waals surface area contributed by atoms with Gasteiger partial charge in [0.25, 0.3) is 0 Å². The molecule has 0 aliphatic rings. The van der Waals surface area contributed by atoms with Crippen LogP contribution >= 0.6 is 11.6 Å². The van der Waals surface area contributed by atoms with E-state index in [0.717, 1.165) is 0 Å². The second-order valence-electron chi connectivity index (χ2n) is 3.71. The van der Waals surface area contributed by atoms with E-state index in [4.69, 9.17) is 21.4 Å². The molecule has 0 radical (unpaired) electrons. The molecule has 0 amide bonds. The van der Waals surface area contributed by atoms with Gasteiger partial charge in [0.1, 0.15) is 11.6 Å². The Labute approximate surface area is 109 Å². The Bertz CT molecular complexity index is 607. The summed E-state index contributed by atoms with van der Waals surface area (Å²) in [5.74, 6) is 0.00892. The molecule has 0 spiro atoms. The normalized spacial score (nSPS) is 10.4. The van der Waals surface area contributed by atoms with Gasteiger partial charge < -0.3 is 14.4 Å². The molecular formula is C12H11ClN2O3. The van der Waals surface area contributed by atoms with Crippen LogP contribution in [-0.2, 0) is 7.05 Å². The number of aromatic nitrogens is 2. The van der Waals surface area contributed by atoms with Crippen molar-refractivity contribution in [3.8, 4) is 17.1 Å². The quantitative estimate of drug-likeness (QED) is 0.927. The van der Waals surface area contributed by atoms with Crippen molar-refractivity contribution in [3.63, 3.8) is 0 Å². The van der Waals surface area contributed by atoms with Crippen molar-refractivity contribution in [2.24, 2.45) is 7.05 Å². The molecule has 1 N–H and O–H groups in total. The van der Waals surface area contributed by atoms with Crippen LogP contribution in [0.2, 0.25) is 5.02 Å². The van der Waals surface area contributed by atoms with E-state index >= 15 is 0 Å². The van der Waals surface area contributed by atoms with Crippen LogP contribution in [0.4, 0.5) is 0 Å². The van der Waals surface area contributed by atoms with Gasteiger partial charge >= 0.3 is 5.97 Å². The molecule has 1 aromatic heterocycles. The molecule has 0 saturated carbocycles. The van der Waals surface area contributed by atoms with E-state index in [1.165, 1.54) is 13.3 Å². The van der Waals surface area contributed by atoms with Gasteiger partial charge in [0.05, 0.1) is 12.7 Å². The summed E-state index contributed by atoms with van der Waals surface area (Å²) in [5.41, 5.74) is 0.634. The number of aromatic carboxylic acids is 1. The molecule has 5 nitrogen and oxygen atoms in total. The fraction of sp³-hybridized carbons (Fsp3) is 0.167. The monoisotopic (exact) mass is 266 g/mol. The lowest BCUT2D eigenvalue weighted by atomic mass is 10.2. The van der Waals surface area contributed by atoms with Gasteiger partial charge in [0.2, 0.25) is 0 Å². The molecule has 94 valence electrons. The van der Waals surface area contributed by atoms with Crippen molar-refractivity contribution in [1.82, 2.24) is 9.55 Å². The summed E-state index contributed by atoms with van der Waals surface area (Å²) >= 11 is 5.94. The van der Waals surface area contributed by atoms with Crippen LogP contribution < -0.4 is 4.74 Å². The minimum Gasteiger partial charge on any atom is -0.496 e. The van der Waals surface area contributed by atoms with Crippen LogP contribution in [0.1, 0.15) is 10.5 Å². The number of methoxy groups -OCH3 is 1. The molecule has 2 rings (SSSR count). The molecule has 0 aliphatic carbocycles. The average Bonchev–Trinajstić information content (AvgIpc) is 2.71. The third kappa shape index (κ3) is 2.17. The first-order valence-corrected chi connectivity index (χ1v) is 5.51. The Hall–Kier alpha value is -2.01. The smallest absolute Gasteiger partial charge is 0.356 e. The van der Waals surface area contributed by atoms with Crippen LogP contribution in [0.15, 0.2) is 24.4 Å². The van der Waals surface area contributed by atoms with Crippen LogP contribution in [0.5, 0.6) is 5.75 Å². The maximum Gasteiger partial charge on any atom is 0.356 e. The lowest BCUT2D eigenvalue weighted by molar-refractivity contribution is 0.0691. The maximum atomic E-state index is 10.9. The van der Waals surface area contributed by atoms with Gasteiger partial charge in [-0.15, -0.1) is 0 Å². The van der Waals surface area contributed by atoms with Crippen LogP contribution in [0.25, 0.3) is 11.4 Å². The topological polar surface area (TPSA) is 64.3 Å². The Morgan fingerprint density at radius 2 is 2.22 bits per heavy atom. The molecule has 1 heterocycles. The molecule has 0 bridgehead atoms. The molecule has 0 atom stereocenters. The van der Waals surface area contributed by atoms with Crippen molar-refractivity contribution >= 4 is 17.6 Å². The highest BCUT2D eigenvalue weighted by Crippen LogP contribution is 2.31. The standard InChI is InChI=1S/C12H11ClN2O3/c1-15-6-9(12(16)17)14-11(15)8-5-7(13)3-4-10(8)18-2/h3-6H,1-2H3,(H,16,17). The van der Waals surface area contributed by atoms with E-state index in [1.54, 1.807) is 29.8 Å². The van der Waals surface area contributed by atoms with Crippen molar-refractivity contribution < 1.29 is 14.6 Å². The molecule has 1 aromatic carbocycles. The highest BCUT2D eigenvalue weighted by Gasteiger charge is 2.16. The maximum absolute atomic E-state index is 10.9. The Balaban J connectivity index is 2.60. The number of aryl methyl sites for hydroxylation is 1. The first-order chi connectivity index (χ1) is 8.52. The lowest BCUT2D eigenvalue weighted by Crippen LogP contribution is -1.96. The van der Waals surface area contributed by atoms with Crippen molar-refractivity contribution in [2.45, 2.75) is 0 Å². The number of carboxylic acids is 1. The summed E-state index contributed by atoms with van der Waals surface area (Å²) in [7, 11) is 3.25. The van der Waals surface area contributed by atoms with Gasteiger partial charge in [-0.25, -0.2) is 9.78 Å². The zero-order chi connectivity index (χ0) is 13.3. The number of hydrogen-bond acceptors (Lipinski definition) is 3. The van der Waals surface area contributed by atoms with Crippen molar-refractivity contribution in [3.05, 3.63) is 35.1 Å². The van der Waals surface area contributed by atoms with Gasteiger partial charge in [0.15, 0.2) is 5.69 Å². The molecular weight excluding hydrogens is 256 g/mol. The van der Waals surface area contributed by atoms with E-state index in [2.05, 4.69) is 4.98 Å². The Morgan fingerprint density at radius 1 is 1.50 bits per heavy atom. The lowest BCUT2D eigenvalue weighted by Gasteiger charge is -2.08. The summed E-state index contributed by atoms with van der Waals surface area (Å²) in [6.45, 7) is 0. The molecule has 6 heteroatoms. The molecule has 0 aliphatic heterocycles. The SMILES string of the molecule is COc1ccc(Cl)cc1-c1nc(C(=O)O)cn1C. The van der Waals surface area contributed by atoms with E-state index in [1.807, 2.05) is 0 Å². The molecule has 0 unspecified atom stereocenters. The first-order valence-electron chi connectivity index (χ1n) is 5.13. The Morgan fingerprint density at radius 3 is 2.78 bits per heavy atom. The van der Waals surface area contributed by atoms with Crippen molar-refractivity contribution in [2.75, 3.05) is 7.11 Å². The number of carboxylic acid groups (broad SMARTS) is 1. The minimum atomic E-state index is -1.07. The van der Waals surface area contributed by atoms with Gasteiger partial charge in [-0.1, -0.05) is 11.6 Å². The van der Waals surface area contributed by atoms with E-state index in [-0.39, 0.29) is 5.69 Å². The second kappa shape index (κ2) is 4.70. The largest absolute Gasteiger partial charge is 0.496 e. The van der Waals surface area contributed by atoms with Crippen LogP contribution in [-0.4, -0.2) is 27.7 Å². The average molecular weight is 267 g/mol. The number of halogens is 1. The number of carbonyl (C=O) groups is 1. The number of ether oxygens (including phenoxy) is 1. The predicted molar refractivity (Wildman–Crippen MR) is 67.2 cm³/mol. The third-order valence-corrected chi connectivity index (χ3v) is 2.73. The third-order valence-electron chi connectivity index (χ3n) is 2.50. The number of imidazole rings is 1. The molecule has 18 heavy (non-hydrogen) atoms. The number of hydrogen-bond donors (Lipinski definition) is 1. The zero-order valence-electron chi connectivity index (χ0n) is 9.85. The highest BCUT2D eigenvalue weighted by molar-refractivity contribution is 6.30. The number of rotatable bonds is 3. The van der Waals surface area contributed by atoms with E-state index in [0.29, 0.717) is 22.2 Å². The van der Waals surface area contributed by atoms with Gasteiger partial charge in [0, 0.05) is 18.3 Å². The van der Waals surface area contributed by atoms with Crippen LogP contribution in [0.3, 0.4) is 0 Å². The summed E-state index contributed by atoms with van der Waals surface area (Å²) in [5, 5.41) is 9.45. The summed E-state index contributed by atoms with van der Waals surface area (Å²) < 4.78 is 6.84. The number of benzene rings is 1. The molecule has 2 aromatic rings. The second-order valence-corrected chi connectivity index (χ2v) is 4.15. The van der Waals surface area contributed by atoms with Crippen LogP contribution in [0, 0.1) is 0 Å². The summed E-state index contributed by atoms with van der Waals surface area (Å²) in [6.07, 6.45) is 1.44. The first kappa shape index (κ1) is 12.4. The van der Waals surface area contributed by atoms with Crippen molar-refractivity contribution in [1.29, 1.82) is 0 Å². The van der Waals surface area contributed by atoms with E-state index in [9.17, 15) is 4.79 Å². The fourth-order valence-corrected chi connectivity index (χ4v) is 1.85. The van der Waals surface area contributed by atoms with Gasteiger partial charge in [-0.3, -0.25) is 0 Å². The highest BCUT2D eigenvalue weighted by atomic mass is 35.5. The number of nitrogens with zero attached hydrogens (tertiary/aromatic N) is 2. The fourth-order valence-electron chi connectivity index (χ4n) is 1.67. The zero-order valence-corrected chi connectivity index (χ0v) is 10.6. The van der Waals surface area contributed by atoms with Gasteiger partial charge in [-0.05, 0) is 18.2 Å². The molecule has 0 fully saturated rings. The Kier molecular flexibility index (Phi) is 3.25. The van der Waals surface area contributed by atoms with Gasteiger partial charge in [-0.2, -0.15) is 0 Å². The van der Waals surface area contributed by atoms with E-state index < -0.39 is 5.97 Å². The predicted octanol–water partition coefficient (Wildman–Crippen LogP) is 2.45. The minimum absolute atomic E-state index is 0.0190. The summed E-state index contributed by atoms with van der Waals surface area (Å²) in [6, 6.07) is 5.10. The molecule has 0 saturated heterocycles.